The van der Waals surface area contributed by atoms with E-state index in [-0.39, 0.29) is 5.54 Å². The van der Waals surface area contributed by atoms with Gasteiger partial charge in [-0.1, -0.05) is 30.9 Å². The second-order valence-electron chi connectivity index (χ2n) is 5.89. The van der Waals surface area contributed by atoms with Gasteiger partial charge < -0.3 is 15.4 Å². The monoisotopic (exact) mass is 340 g/mol. The Balaban J connectivity index is 2.06. The summed E-state index contributed by atoms with van der Waals surface area (Å²) in [7, 11) is 1.35. The van der Waals surface area contributed by atoms with E-state index < -0.39 is 5.97 Å². The summed E-state index contributed by atoms with van der Waals surface area (Å²) >= 11 is 11.6. The summed E-state index contributed by atoms with van der Waals surface area (Å²) in [6.45, 7) is 2.19. The fourth-order valence-corrected chi connectivity index (χ4v) is 3.27. The number of hydrogen-bond acceptors (Lipinski definition) is 3. The van der Waals surface area contributed by atoms with E-state index in [9.17, 15) is 4.79 Å². The van der Waals surface area contributed by atoms with E-state index in [1.807, 2.05) is 0 Å². The van der Waals surface area contributed by atoms with Crippen LogP contribution in [-0.2, 0) is 4.74 Å². The number of halogens is 1. The minimum absolute atomic E-state index is 0.0226. The van der Waals surface area contributed by atoms with Crippen LogP contribution in [0.3, 0.4) is 0 Å². The number of rotatable bonds is 3. The Morgan fingerprint density at radius 3 is 2.64 bits per heavy atom. The highest BCUT2D eigenvalue weighted by molar-refractivity contribution is 7.80. The zero-order chi connectivity index (χ0) is 16.2. The smallest absolute Gasteiger partial charge is 0.337 e. The molecule has 1 fully saturated rings. The summed E-state index contributed by atoms with van der Waals surface area (Å²) in [6.07, 6.45) is 5.91. The molecule has 22 heavy (non-hydrogen) atoms. The Morgan fingerprint density at radius 1 is 1.32 bits per heavy atom. The minimum atomic E-state index is -0.405. The largest absolute Gasteiger partial charge is 0.465 e. The van der Waals surface area contributed by atoms with E-state index in [1.54, 1.807) is 18.2 Å². The molecular formula is C16H21ClN2O2S. The molecule has 4 nitrogen and oxygen atoms in total. The average Bonchev–Trinajstić information content (AvgIpc) is 2.48. The van der Waals surface area contributed by atoms with Crippen LogP contribution in [-0.4, -0.2) is 23.7 Å². The van der Waals surface area contributed by atoms with Gasteiger partial charge in [-0.15, -0.1) is 0 Å². The van der Waals surface area contributed by atoms with Crippen molar-refractivity contribution >= 4 is 40.6 Å². The highest BCUT2D eigenvalue weighted by atomic mass is 35.5. The second-order valence-corrected chi connectivity index (χ2v) is 6.70. The molecule has 1 aromatic carbocycles. The number of methoxy groups -OCH3 is 1. The molecule has 0 unspecified atom stereocenters. The molecule has 1 aliphatic rings. The van der Waals surface area contributed by atoms with E-state index in [2.05, 4.69) is 17.6 Å². The maximum absolute atomic E-state index is 11.6. The maximum Gasteiger partial charge on any atom is 0.337 e. The molecule has 0 bridgehead atoms. The lowest BCUT2D eigenvalue weighted by Crippen LogP contribution is -2.48. The Bertz CT molecular complexity index is 571. The van der Waals surface area contributed by atoms with Crippen LogP contribution in [0.5, 0.6) is 0 Å². The van der Waals surface area contributed by atoms with E-state index in [0.29, 0.717) is 21.4 Å². The topological polar surface area (TPSA) is 50.4 Å². The number of carbonyl (C=O) groups is 1. The van der Waals surface area contributed by atoms with Crippen molar-refractivity contribution in [2.45, 2.75) is 44.6 Å². The fraction of sp³-hybridized carbons (Fsp3) is 0.500. The number of anilines is 1. The van der Waals surface area contributed by atoms with Gasteiger partial charge in [-0.05, 0) is 50.2 Å². The molecule has 0 aliphatic heterocycles. The summed E-state index contributed by atoms with van der Waals surface area (Å²) in [5, 5.41) is 7.49. The molecule has 0 amide bonds. The number of thiocarbonyl (C=S) groups is 1. The summed E-state index contributed by atoms with van der Waals surface area (Å²) < 4.78 is 4.72. The predicted octanol–water partition coefficient (Wildman–Crippen LogP) is 4.14. The molecule has 1 saturated carbocycles. The summed E-state index contributed by atoms with van der Waals surface area (Å²) in [5.41, 5.74) is 1.05. The summed E-state index contributed by atoms with van der Waals surface area (Å²) in [4.78, 5) is 11.6. The second kappa shape index (κ2) is 7.29. The zero-order valence-electron chi connectivity index (χ0n) is 12.9. The van der Waals surface area contributed by atoms with E-state index in [0.717, 1.165) is 12.8 Å². The van der Waals surface area contributed by atoms with Crippen LogP contribution in [0.1, 0.15) is 49.4 Å². The average molecular weight is 341 g/mol. The summed E-state index contributed by atoms with van der Waals surface area (Å²) in [6, 6.07) is 4.92. The first-order chi connectivity index (χ1) is 10.4. The van der Waals surface area contributed by atoms with Crippen molar-refractivity contribution < 1.29 is 9.53 Å². The molecule has 0 spiro atoms. The Hall–Kier alpha value is -1.33. The Labute approximate surface area is 141 Å². The third-order valence-electron chi connectivity index (χ3n) is 4.01. The molecule has 0 atom stereocenters. The molecule has 0 aromatic heterocycles. The van der Waals surface area contributed by atoms with Crippen LogP contribution in [0.15, 0.2) is 18.2 Å². The molecule has 1 aromatic rings. The van der Waals surface area contributed by atoms with Crippen LogP contribution < -0.4 is 10.6 Å². The van der Waals surface area contributed by atoms with Crippen molar-refractivity contribution in [1.82, 2.24) is 5.32 Å². The molecule has 2 rings (SSSR count). The lowest BCUT2D eigenvalue weighted by Gasteiger charge is -2.35. The lowest BCUT2D eigenvalue weighted by atomic mass is 9.83. The Morgan fingerprint density at radius 2 is 2.00 bits per heavy atom. The molecule has 0 radical (unpaired) electrons. The molecule has 2 N–H and O–H groups in total. The number of ether oxygens (including phenoxy) is 1. The Kier molecular flexibility index (Phi) is 5.64. The van der Waals surface area contributed by atoms with Crippen molar-refractivity contribution in [3.05, 3.63) is 28.8 Å². The maximum atomic E-state index is 11.6. The van der Waals surface area contributed by atoms with Gasteiger partial charge in [0.25, 0.3) is 0 Å². The van der Waals surface area contributed by atoms with Gasteiger partial charge in [0.05, 0.1) is 23.4 Å². The van der Waals surface area contributed by atoms with Crippen molar-refractivity contribution in [1.29, 1.82) is 0 Å². The van der Waals surface area contributed by atoms with Crippen LogP contribution in [0.4, 0.5) is 5.69 Å². The van der Waals surface area contributed by atoms with Crippen LogP contribution in [0.25, 0.3) is 0 Å². The fourth-order valence-electron chi connectivity index (χ4n) is 2.75. The number of carbonyl (C=O) groups excluding carboxylic acids is 1. The minimum Gasteiger partial charge on any atom is -0.465 e. The molecule has 1 aliphatic carbocycles. The van der Waals surface area contributed by atoms with E-state index in [1.165, 1.54) is 26.4 Å². The van der Waals surface area contributed by atoms with Crippen molar-refractivity contribution in [2.24, 2.45) is 0 Å². The molecular weight excluding hydrogens is 320 g/mol. The normalized spacial score (nSPS) is 16.7. The highest BCUT2D eigenvalue weighted by Crippen LogP contribution is 2.28. The summed E-state index contributed by atoms with van der Waals surface area (Å²) in [5.74, 6) is -0.405. The molecule has 6 heteroatoms. The van der Waals surface area contributed by atoms with Gasteiger partial charge in [0.1, 0.15) is 0 Å². The van der Waals surface area contributed by atoms with Gasteiger partial charge in [-0.3, -0.25) is 0 Å². The first kappa shape index (κ1) is 17.0. The van der Waals surface area contributed by atoms with Crippen molar-refractivity contribution in [3.8, 4) is 0 Å². The molecule has 120 valence electrons. The SMILES string of the molecule is COC(=O)c1ccc(Cl)c(NC(=S)NC2(C)CCCCC2)c1. The first-order valence-electron chi connectivity index (χ1n) is 7.40. The van der Waals surface area contributed by atoms with E-state index in [4.69, 9.17) is 28.6 Å². The number of hydrogen-bond donors (Lipinski definition) is 2. The molecule has 0 saturated heterocycles. The number of esters is 1. The van der Waals surface area contributed by atoms with E-state index >= 15 is 0 Å². The quantitative estimate of drug-likeness (QED) is 0.640. The number of nitrogens with one attached hydrogen (secondary N) is 2. The van der Waals surface area contributed by atoms with Gasteiger partial charge in [0.15, 0.2) is 5.11 Å². The third-order valence-corrected chi connectivity index (χ3v) is 4.54. The van der Waals surface area contributed by atoms with Gasteiger partial charge in [-0.25, -0.2) is 4.79 Å². The van der Waals surface area contributed by atoms with Crippen molar-refractivity contribution in [2.75, 3.05) is 12.4 Å². The molecule has 0 heterocycles. The lowest BCUT2D eigenvalue weighted by molar-refractivity contribution is 0.0601. The van der Waals surface area contributed by atoms with Gasteiger partial charge in [-0.2, -0.15) is 0 Å². The zero-order valence-corrected chi connectivity index (χ0v) is 14.4. The van der Waals surface area contributed by atoms with Crippen LogP contribution in [0.2, 0.25) is 5.02 Å². The third kappa shape index (κ3) is 4.34. The van der Waals surface area contributed by atoms with Gasteiger partial charge in [0, 0.05) is 5.54 Å². The number of benzene rings is 1. The van der Waals surface area contributed by atoms with Gasteiger partial charge >= 0.3 is 5.97 Å². The van der Waals surface area contributed by atoms with Crippen LogP contribution >= 0.6 is 23.8 Å². The predicted molar refractivity (Wildman–Crippen MR) is 93.6 cm³/mol. The van der Waals surface area contributed by atoms with Gasteiger partial charge in [0.2, 0.25) is 0 Å². The highest BCUT2D eigenvalue weighted by Gasteiger charge is 2.27. The van der Waals surface area contributed by atoms with Crippen molar-refractivity contribution in [3.63, 3.8) is 0 Å². The first-order valence-corrected chi connectivity index (χ1v) is 8.19. The standard InChI is InChI=1S/C16H21ClN2O2S/c1-16(8-4-3-5-9-16)19-15(22)18-13-10-11(14(20)21-2)6-7-12(13)17/h6-7,10H,3-5,8-9H2,1-2H3,(H2,18,19,22). The van der Waals surface area contributed by atoms with Crippen LogP contribution in [0, 0.1) is 0 Å².